The Labute approximate surface area is 214 Å². The predicted octanol–water partition coefficient (Wildman–Crippen LogP) is -3.31. The lowest BCUT2D eigenvalue weighted by molar-refractivity contribution is -0.143. The van der Waals surface area contributed by atoms with Gasteiger partial charge in [-0.25, -0.2) is 4.79 Å². The second-order valence-corrected chi connectivity index (χ2v) is 8.68. The van der Waals surface area contributed by atoms with Gasteiger partial charge < -0.3 is 49.1 Å². The molecule has 4 amide bonds. The molecule has 0 aromatic carbocycles. The van der Waals surface area contributed by atoms with E-state index in [-0.39, 0.29) is 38.2 Å². The van der Waals surface area contributed by atoms with E-state index >= 15 is 0 Å². The molecule has 16 nitrogen and oxygen atoms in total. The molecule has 0 radical (unpaired) electrons. The summed E-state index contributed by atoms with van der Waals surface area (Å²) in [4.78, 5) is 75.5. The van der Waals surface area contributed by atoms with Crippen LogP contribution in [0.1, 0.15) is 52.4 Å². The van der Waals surface area contributed by atoms with Crippen LogP contribution < -0.4 is 38.9 Å². The quantitative estimate of drug-likeness (QED) is 0.0480. The molecule has 16 heteroatoms. The van der Waals surface area contributed by atoms with Gasteiger partial charge in [-0.3, -0.25) is 29.0 Å². The summed E-state index contributed by atoms with van der Waals surface area (Å²) in [5, 5.41) is 25.2. The number of hydrogen-bond donors (Lipinski definition) is 9. The van der Waals surface area contributed by atoms with Crippen molar-refractivity contribution in [3.05, 3.63) is 0 Å². The van der Waals surface area contributed by atoms with Gasteiger partial charge in [0.05, 0.1) is 6.04 Å². The summed E-state index contributed by atoms with van der Waals surface area (Å²) >= 11 is 0. The second-order valence-electron chi connectivity index (χ2n) is 8.68. The van der Waals surface area contributed by atoms with E-state index in [0.29, 0.717) is 6.42 Å². The lowest BCUT2D eigenvalue weighted by atomic mass is 10.0. The maximum Gasteiger partial charge on any atom is 0.326 e. The minimum absolute atomic E-state index is 0.110. The number of carboxylic acid groups (broad SMARTS) is 2. The molecule has 0 aromatic rings. The standard InChI is InChI=1S/C21H38N8O8/c1-10(2)16(19(35)28-13(20(36)37)6-8-15(31)32)29-18(34)12(5-7-14(23)30)27-17(33)11(22)4-3-9-26-21(24)25/h10-13,16H,3-9,22H2,1-2H3,(H2,23,30)(H,27,33)(H,28,35)(H,29,34)(H,31,32)(H,36,37)(H4,24,25,26). The van der Waals surface area contributed by atoms with Gasteiger partial charge in [0, 0.05) is 19.4 Å². The third kappa shape index (κ3) is 14.3. The molecule has 0 saturated heterocycles. The van der Waals surface area contributed by atoms with Gasteiger partial charge in [0.15, 0.2) is 5.96 Å². The van der Waals surface area contributed by atoms with Crippen molar-refractivity contribution in [2.45, 2.75) is 76.5 Å². The molecule has 0 aromatic heterocycles. The van der Waals surface area contributed by atoms with Gasteiger partial charge in [-0.15, -0.1) is 0 Å². The molecule has 0 aliphatic carbocycles. The number of primary amides is 1. The summed E-state index contributed by atoms with van der Waals surface area (Å²) in [6.07, 6.45) is -0.732. The predicted molar refractivity (Wildman–Crippen MR) is 131 cm³/mol. The van der Waals surface area contributed by atoms with Crippen LogP contribution in [-0.2, 0) is 28.8 Å². The minimum atomic E-state index is -1.50. The normalized spacial score (nSPS) is 13.9. The molecule has 4 atom stereocenters. The Morgan fingerprint density at radius 1 is 0.784 bits per heavy atom. The van der Waals surface area contributed by atoms with Crippen LogP contribution in [0.3, 0.4) is 0 Å². The van der Waals surface area contributed by atoms with Crippen LogP contribution in [-0.4, -0.2) is 82.5 Å². The Kier molecular flexibility index (Phi) is 14.9. The van der Waals surface area contributed by atoms with E-state index in [0.717, 1.165) is 0 Å². The van der Waals surface area contributed by atoms with Crippen LogP contribution in [0.5, 0.6) is 0 Å². The number of hydrogen-bond acceptors (Lipinski definition) is 8. The van der Waals surface area contributed by atoms with Crippen LogP contribution >= 0.6 is 0 Å². The largest absolute Gasteiger partial charge is 0.481 e. The smallest absolute Gasteiger partial charge is 0.326 e. The van der Waals surface area contributed by atoms with Gasteiger partial charge >= 0.3 is 11.9 Å². The van der Waals surface area contributed by atoms with Crippen LogP contribution in [0.15, 0.2) is 4.99 Å². The van der Waals surface area contributed by atoms with Crippen molar-refractivity contribution >= 4 is 41.5 Å². The number of nitrogens with one attached hydrogen (secondary N) is 3. The van der Waals surface area contributed by atoms with Gasteiger partial charge in [0.2, 0.25) is 23.6 Å². The lowest BCUT2D eigenvalue weighted by Crippen LogP contribution is -2.58. The first-order chi connectivity index (χ1) is 17.1. The van der Waals surface area contributed by atoms with Crippen molar-refractivity contribution < 1.29 is 39.0 Å². The van der Waals surface area contributed by atoms with Crippen LogP contribution in [0.2, 0.25) is 0 Å². The van der Waals surface area contributed by atoms with Gasteiger partial charge in [-0.2, -0.15) is 0 Å². The van der Waals surface area contributed by atoms with E-state index in [1.165, 1.54) is 0 Å². The van der Waals surface area contributed by atoms with Crippen LogP contribution in [0.4, 0.5) is 0 Å². The molecule has 37 heavy (non-hydrogen) atoms. The van der Waals surface area contributed by atoms with Crippen LogP contribution in [0.25, 0.3) is 0 Å². The van der Waals surface area contributed by atoms with E-state index in [2.05, 4.69) is 20.9 Å². The number of amides is 4. The number of guanidine groups is 1. The molecule has 13 N–H and O–H groups in total. The van der Waals surface area contributed by atoms with E-state index in [9.17, 15) is 33.9 Å². The molecule has 0 aliphatic heterocycles. The molecule has 0 aliphatic rings. The average Bonchev–Trinajstić information content (AvgIpc) is 2.78. The molecule has 210 valence electrons. The third-order valence-electron chi connectivity index (χ3n) is 5.13. The Balaban J connectivity index is 5.42. The SMILES string of the molecule is CC(C)C(NC(=O)C(CCC(N)=O)NC(=O)C(N)CCCN=C(N)N)C(=O)NC(CCC(=O)O)C(=O)O. The number of carbonyl (C=O) groups is 6. The maximum atomic E-state index is 13.0. The highest BCUT2D eigenvalue weighted by molar-refractivity contribution is 5.94. The van der Waals surface area contributed by atoms with Gasteiger partial charge in [0.1, 0.15) is 18.1 Å². The summed E-state index contributed by atoms with van der Waals surface area (Å²) in [5.41, 5.74) is 21.5. The highest BCUT2D eigenvalue weighted by atomic mass is 16.4. The number of aliphatic carboxylic acids is 2. The summed E-state index contributed by atoms with van der Waals surface area (Å²) in [5.74, 6) is -6.43. The zero-order valence-corrected chi connectivity index (χ0v) is 20.9. The van der Waals surface area contributed by atoms with Crippen molar-refractivity contribution in [2.24, 2.45) is 33.8 Å². The fraction of sp³-hybridized carbons (Fsp3) is 0.667. The van der Waals surface area contributed by atoms with Gasteiger partial charge in [0.25, 0.3) is 0 Å². The van der Waals surface area contributed by atoms with Crippen LogP contribution in [0, 0.1) is 5.92 Å². The van der Waals surface area contributed by atoms with Crippen molar-refractivity contribution in [1.29, 1.82) is 0 Å². The zero-order valence-electron chi connectivity index (χ0n) is 20.9. The number of rotatable bonds is 18. The summed E-state index contributed by atoms with van der Waals surface area (Å²) in [7, 11) is 0. The maximum absolute atomic E-state index is 13.0. The molecule has 0 rings (SSSR count). The first-order valence-corrected chi connectivity index (χ1v) is 11.6. The third-order valence-corrected chi connectivity index (χ3v) is 5.13. The number of carbonyl (C=O) groups excluding carboxylic acids is 4. The van der Waals surface area contributed by atoms with E-state index in [4.69, 9.17) is 28.0 Å². The number of carboxylic acids is 2. The second kappa shape index (κ2) is 16.7. The van der Waals surface area contributed by atoms with E-state index < -0.39 is 72.1 Å². The van der Waals surface area contributed by atoms with Gasteiger partial charge in [-0.05, 0) is 31.6 Å². The van der Waals surface area contributed by atoms with Crippen molar-refractivity contribution in [3.8, 4) is 0 Å². The lowest BCUT2D eigenvalue weighted by Gasteiger charge is -2.27. The Morgan fingerprint density at radius 2 is 1.35 bits per heavy atom. The highest BCUT2D eigenvalue weighted by Crippen LogP contribution is 2.08. The molecule has 0 heterocycles. The van der Waals surface area contributed by atoms with Gasteiger partial charge in [-0.1, -0.05) is 13.8 Å². The number of nitrogens with zero attached hydrogens (tertiary/aromatic N) is 1. The van der Waals surface area contributed by atoms with E-state index in [1.54, 1.807) is 13.8 Å². The molecule has 4 unspecified atom stereocenters. The number of nitrogens with two attached hydrogens (primary N) is 4. The van der Waals surface area contributed by atoms with Crippen molar-refractivity contribution in [2.75, 3.05) is 6.54 Å². The zero-order chi connectivity index (χ0) is 28.7. The molecule has 0 bridgehead atoms. The summed E-state index contributed by atoms with van der Waals surface area (Å²) < 4.78 is 0. The topological polar surface area (TPSA) is 295 Å². The van der Waals surface area contributed by atoms with E-state index in [1.807, 2.05) is 0 Å². The highest BCUT2D eigenvalue weighted by Gasteiger charge is 2.32. The minimum Gasteiger partial charge on any atom is -0.481 e. The molecular weight excluding hydrogens is 492 g/mol. The molecule has 0 saturated carbocycles. The molecule has 0 fully saturated rings. The fourth-order valence-electron chi connectivity index (χ4n) is 3.06. The summed E-state index contributed by atoms with van der Waals surface area (Å²) in [6.45, 7) is 3.41. The monoisotopic (exact) mass is 530 g/mol. The fourth-order valence-corrected chi connectivity index (χ4v) is 3.06. The average molecular weight is 531 g/mol. The molecular formula is C21H38N8O8. The first-order valence-electron chi connectivity index (χ1n) is 11.6. The Morgan fingerprint density at radius 3 is 1.84 bits per heavy atom. The first kappa shape index (κ1) is 33.0. The Hall–Kier alpha value is -3.95. The summed E-state index contributed by atoms with van der Waals surface area (Å²) in [6, 6.07) is -5.03. The van der Waals surface area contributed by atoms with Crippen molar-refractivity contribution in [1.82, 2.24) is 16.0 Å². The number of aliphatic imine (C=N–C) groups is 1. The van der Waals surface area contributed by atoms with Crippen molar-refractivity contribution in [3.63, 3.8) is 0 Å². The molecule has 0 spiro atoms. The Bertz CT molecular complexity index is 859.